The molecule has 8 rings (SSSR count). The van der Waals surface area contributed by atoms with Gasteiger partial charge in [-0.2, -0.15) is 0 Å². The van der Waals surface area contributed by atoms with Gasteiger partial charge < -0.3 is 25.4 Å². The van der Waals surface area contributed by atoms with Crippen molar-refractivity contribution >= 4 is 33.8 Å². The Bertz CT molecular complexity index is 1140. The van der Waals surface area contributed by atoms with Gasteiger partial charge in [0.2, 0.25) is 11.8 Å². The fourth-order valence-electron chi connectivity index (χ4n) is 10.7. The second-order valence-corrected chi connectivity index (χ2v) is 17.1. The molecule has 0 radical (unpaired) electrons. The molecule has 6 unspecified atom stereocenters. The van der Waals surface area contributed by atoms with Crippen molar-refractivity contribution < 1.29 is 24.2 Å². The lowest BCUT2D eigenvalue weighted by Crippen LogP contribution is -2.57. The van der Waals surface area contributed by atoms with Crippen LogP contribution in [0.5, 0.6) is 0 Å². The summed E-state index contributed by atoms with van der Waals surface area (Å²) in [6.45, 7) is 0.727. The Balaban J connectivity index is 1.05. The highest BCUT2D eigenvalue weighted by atomic mass is 79.9. The number of rotatable bonds is 8. The van der Waals surface area contributed by atoms with E-state index in [-0.39, 0.29) is 24.8 Å². The van der Waals surface area contributed by atoms with Gasteiger partial charge in [0.15, 0.2) is 0 Å². The number of likely N-dealkylation sites (tertiary alicyclic amines) is 1. The Labute approximate surface area is 276 Å². The van der Waals surface area contributed by atoms with E-state index in [1.165, 1.54) is 55.4 Å². The summed E-state index contributed by atoms with van der Waals surface area (Å²) in [5, 5.41) is 17.3. The lowest BCUT2D eigenvalue weighted by atomic mass is 9.54. The molecule has 8 aliphatic rings. The number of ether oxygens (including phenoxy) is 1. The molecule has 7 atom stereocenters. The number of fused-ring (bicyclic) bond motifs is 1. The second kappa shape index (κ2) is 13.0. The molecule has 45 heavy (non-hydrogen) atoms. The fourth-order valence-corrected chi connectivity index (χ4v) is 11.5. The number of carbonyl (C=O) groups excluding carboxylic acids is 3. The van der Waals surface area contributed by atoms with E-state index in [4.69, 9.17) is 4.74 Å². The van der Waals surface area contributed by atoms with Crippen LogP contribution in [0.3, 0.4) is 0 Å². The minimum atomic E-state index is -0.856. The SMILES string of the molecule is CN(CC1CCCCC1Br)C(=O)C(CC1=CNC2CCCCC12)NC(=O)C1C[C@@H](O)CN1C(=O)OC12CC3CC(CC(C3)C1)C2. The zero-order valence-electron chi connectivity index (χ0n) is 26.9. The third-order valence-corrected chi connectivity index (χ3v) is 13.8. The van der Waals surface area contributed by atoms with Crippen LogP contribution in [0.15, 0.2) is 11.8 Å². The quantitative estimate of drug-likeness (QED) is 0.314. The second-order valence-electron chi connectivity index (χ2n) is 16.0. The number of nitrogens with one attached hydrogen (secondary N) is 2. The molecule has 250 valence electrons. The predicted molar refractivity (Wildman–Crippen MR) is 174 cm³/mol. The van der Waals surface area contributed by atoms with Crippen molar-refractivity contribution in [2.45, 2.75) is 137 Å². The molecule has 3 N–H and O–H groups in total. The van der Waals surface area contributed by atoms with E-state index in [9.17, 15) is 19.5 Å². The molecule has 1 saturated heterocycles. The Morgan fingerprint density at radius 2 is 1.71 bits per heavy atom. The minimum absolute atomic E-state index is 0.0783. The lowest BCUT2D eigenvalue weighted by Gasteiger charge is -2.55. The van der Waals surface area contributed by atoms with Crippen LogP contribution in [0, 0.1) is 29.6 Å². The van der Waals surface area contributed by atoms with Gasteiger partial charge in [0.1, 0.15) is 17.7 Å². The molecule has 10 heteroatoms. The van der Waals surface area contributed by atoms with Crippen LogP contribution in [0.2, 0.25) is 0 Å². The summed E-state index contributed by atoms with van der Waals surface area (Å²) < 4.78 is 6.31. The van der Waals surface area contributed by atoms with Crippen LogP contribution >= 0.6 is 15.9 Å². The number of likely N-dealkylation sites (N-methyl/N-ethyl adjacent to an activating group) is 1. The maximum Gasteiger partial charge on any atom is 0.411 e. The van der Waals surface area contributed by atoms with Crippen molar-refractivity contribution in [3.05, 3.63) is 11.8 Å². The van der Waals surface area contributed by atoms with Gasteiger partial charge in [0.05, 0.1) is 12.6 Å². The summed E-state index contributed by atoms with van der Waals surface area (Å²) in [6.07, 6.45) is 17.1. The number of halogens is 1. The van der Waals surface area contributed by atoms with Crippen molar-refractivity contribution in [2.75, 3.05) is 20.1 Å². The Kier molecular flexibility index (Phi) is 9.18. The van der Waals surface area contributed by atoms with E-state index in [2.05, 4.69) is 32.8 Å². The van der Waals surface area contributed by atoms with Gasteiger partial charge in [0.25, 0.3) is 0 Å². The maximum absolute atomic E-state index is 14.1. The van der Waals surface area contributed by atoms with Crippen LogP contribution in [0.1, 0.15) is 103 Å². The summed E-state index contributed by atoms with van der Waals surface area (Å²) in [5.74, 6) is 2.21. The zero-order valence-corrected chi connectivity index (χ0v) is 28.5. The van der Waals surface area contributed by atoms with Gasteiger partial charge in [-0.25, -0.2) is 4.79 Å². The first-order valence-electron chi connectivity index (χ1n) is 18.0. The Morgan fingerprint density at radius 1 is 1.04 bits per heavy atom. The van der Waals surface area contributed by atoms with Crippen molar-refractivity contribution in [3.8, 4) is 0 Å². The van der Waals surface area contributed by atoms with E-state index in [0.29, 0.717) is 53.4 Å². The van der Waals surface area contributed by atoms with Gasteiger partial charge in [-0.05, 0) is 106 Å². The largest absolute Gasteiger partial charge is 0.443 e. The number of aliphatic hydroxyl groups is 1. The van der Waals surface area contributed by atoms with Crippen LogP contribution in [0.25, 0.3) is 0 Å². The average molecular weight is 690 g/mol. The number of amides is 3. The molecule has 0 aromatic heterocycles. The summed E-state index contributed by atoms with van der Waals surface area (Å²) >= 11 is 3.85. The summed E-state index contributed by atoms with van der Waals surface area (Å²) in [5.41, 5.74) is 0.777. The maximum atomic E-state index is 14.1. The molecule has 0 spiro atoms. The molecule has 2 heterocycles. The highest BCUT2D eigenvalue weighted by Crippen LogP contribution is 2.57. The zero-order chi connectivity index (χ0) is 31.3. The van der Waals surface area contributed by atoms with Gasteiger partial charge >= 0.3 is 6.09 Å². The lowest BCUT2D eigenvalue weighted by molar-refractivity contribution is -0.140. The molecule has 7 fully saturated rings. The normalized spacial score (nSPS) is 40.7. The molecule has 6 saturated carbocycles. The number of alkyl halides is 1. The van der Waals surface area contributed by atoms with E-state index < -0.39 is 29.9 Å². The van der Waals surface area contributed by atoms with Crippen molar-refractivity contribution in [3.63, 3.8) is 0 Å². The molecule has 0 aromatic carbocycles. The van der Waals surface area contributed by atoms with Crippen LogP contribution in [-0.2, 0) is 14.3 Å². The number of carbonyl (C=O) groups is 3. The monoisotopic (exact) mass is 688 g/mol. The van der Waals surface area contributed by atoms with Gasteiger partial charge in [0, 0.05) is 36.8 Å². The minimum Gasteiger partial charge on any atom is -0.443 e. The number of aliphatic hydroxyl groups excluding tert-OH is 1. The van der Waals surface area contributed by atoms with E-state index in [1.54, 1.807) is 4.90 Å². The van der Waals surface area contributed by atoms with Crippen molar-refractivity contribution in [1.82, 2.24) is 20.4 Å². The molecule has 9 nitrogen and oxygen atoms in total. The van der Waals surface area contributed by atoms with Crippen LogP contribution in [0.4, 0.5) is 4.79 Å². The van der Waals surface area contributed by atoms with Crippen molar-refractivity contribution in [1.29, 1.82) is 0 Å². The number of hydrogen-bond acceptors (Lipinski definition) is 6. The van der Waals surface area contributed by atoms with Gasteiger partial charge in [-0.1, -0.05) is 41.6 Å². The van der Waals surface area contributed by atoms with Crippen molar-refractivity contribution in [2.24, 2.45) is 29.6 Å². The molecule has 2 aliphatic heterocycles. The van der Waals surface area contributed by atoms with Gasteiger partial charge in [-0.15, -0.1) is 0 Å². The number of nitrogens with zero attached hydrogens (tertiary/aromatic N) is 2. The average Bonchev–Trinajstić information content (AvgIpc) is 3.60. The van der Waals surface area contributed by atoms with Crippen LogP contribution < -0.4 is 10.6 Å². The first-order chi connectivity index (χ1) is 21.7. The first-order valence-corrected chi connectivity index (χ1v) is 18.9. The highest BCUT2D eigenvalue weighted by Gasteiger charge is 2.54. The Morgan fingerprint density at radius 3 is 2.42 bits per heavy atom. The fraction of sp³-hybridized carbons (Fsp3) is 0.857. The summed E-state index contributed by atoms with van der Waals surface area (Å²) in [6, 6.07) is -1.17. The third kappa shape index (κ3) is 6.66. The number of β-amino-alcohol motifs (C(OH)–C–C–N with tert-alkyl or cyclic N) is 1. The topological polar surface area (TPSA) is 111 Å². The standard InChI is InChI=1S/C35H53BrN4O5/c1-39(19-24-6-2-4-8-28(24)36)33(43)30(13-25-18-37-29-9-5-3-7-27(25)29)38-32(42)31-14-26(41)20-40(31)34(44)45-35-15-21-10-22(16-35)12-23(11-21)17-35/h18,21-24,26-31,37,41H,2-17,19-20H2,1H3,(H,38,42)/t21?,22?,23?,24?,26-,27?,28?,29?,30?,31?,35?/m1/s1. The number of hydrogen-bond donors (Lipinski definition) is 3. The van der Waals surface area contributed by atoms with E-state index in [0.717, 1.165) is 44.9 Å². The first kappa shape index (κ1) is 31.8. The molecular weight excluding hydrogens is 636 g/mol. The van der Waals surface area contributed by atoms with Gasteiger partial charge in [-0.3, -0.25) is 14.5 Å². The highest BCUT2D eigenvalue weighted by molar-refractivity contribution is 9.09. The summed E-state index contributed by atoms with van der Waals surface area (Å²) in [7, 11) is 1.86. The van der Waals surface area contributed by atoms with Crippen LogP contribution in [-0.4, -0.2) is 87.6 Å². The molecule has 4 bridgehead atoms. The Hall–Kier alpha value is -1.81. The molecular formula is C35H53BrN4O5. The smallest absolute Gasteiger partial charge is 0.411 e. The van der Waals surface area contributed by atoms with E-state index >= 15 is 0 Å². The molecule has 3 amide bonds. The molecule has 0 aromatic rings. The summed E-state index contributed by atoms with van der Waals surface area (Å²) in [4.78, 5) is 45.5. The predicted octanol–water partition coefficient (Wildman–Crippen LogP) is 4.86. The third-order valence-electron chi connectivity index (χ3n) is 12.6. The molecule has 6 aliphatic carbocycles. The van der Waals surface area contributed by atoms with E-state index in [1.807, 2.05) is 7.05 Å².